The Morgan fingerprint density at radius 1 is 1.50 bits per heavy atom. The molecule has 2 rings (SSSR count). The van der Waals surface area contributed by atoms with Crippen LogP contribution < -0.4 is 0 Å². The minimum absolute atomic E-state index is 0.175. The Balaban J connectivity index is 2.12. The van der Waals surface area contributed by atoms with Gasteiger partial charge in [-0.25, -0.2) is 4.39 Å². The van der Waals surface area contributed by atoms with Crippen molar-refractivity contribution < 1.29 is 9.18 Å². The molecule has 0 radical (unpaired) electrons. The van der Waals surface area contributed by atoms with E-state index in [1.54, 1.807) is 24.1 Å². The topological polar surface area (TPSA) is 20.3 Å². The molecule has 1 aliphatic rings. The van der Waals surface area contributed by atoms with E-state index in [4.69, 9.17) is 0 Å². The summed E-state index contributed by atoms with van der Waals surface area (Å²) in [5.41, 5.74) is 1.01. The first-order chi connectivity index (χ1) is 7.58. The Morgan fingerprint density at radius 2 is 2.19 bits per heavy atom. The van der Waals surface area contributed by atoms with Gasteiger partial charge in [0, 0.05) is 13.6 Å². The van der Waals surface area contributed by atoms with Gasteiger partial charge in [0.05, 0.1) is 5.56 Å². The molecule has 1 saturated carbocycles. The van der Waals surface area contributed by atoms with E-state index in [0.717, 1.165) is 12.1 Å². The molecular formula is C13H16FNO. The molecular weight excluding hydrogens is 205 g/mol. The lowest BCUT2D eigenvalue weighted by atomic mass is 10.1. The quantitative estimate of drug-likeness (QED) is 0.768. The van der Waals surface area contributed by atoms with Crippen LogP contribution >= 0.6 is 0 Å². The summed E-state index contributed by atoms with van der Waals surface area (Å²) in [5, 5.41) is 0. The number of carbonyl (C=O) groups is 1. The number of amides is 1. The first-order valence-electron chi connectivity index (χ1n) is 5.59. The van der Waals surface area contributed by atoms with Gasteiger partial charge >= 0.3 is 0 Å². The lowest BCUT2D eigenvalue weighted by Crippen LogP contribution is -2.29. The number of nitrogens with zero attached hydrogens (tertiary/aromatic N) is 1. The van der Waals surface area contributed by atoms with Crippen LogP contribution in [-0.4, -0.2) is 24.4 Å². The highest BCUT2D eigenvalue weighted by Gasteiger charge is 2.26. The van der Waals surface area contributed by atoms with Gasteiger partial charge in [0.15, 0.2) is 0 Å². The summed E-state index contributed by atoms with van der Waals surface area (Å²) in [6.07, 6.45) is 2.38. The zero-order chi connectivity index (χ0) is 11.7. The van der Waals surface area contributed by atoms with Crippen LogP contribution in [0.15, 0.2) is 18.2 Å². The van der Waals surface area contributed by atoms with Crippen LogP contribution in [0.25, 0.3) is 0 Å². The van der Waals surface area contributed by atoms with Gasteiger partial charge in [-0.15, -0.1) is 0 Å². The van der Waals surface area contributed by atoms with Gasteiger partial charge in [-0.05, 0) is 43.4 Å². The van der Waals surface area contributed by atoms with E-state index in [1.165, 1.54) is 18.9 Å². The van der Waals surface area contributed by atoms with Crippen molar-refractivity contribution in [3.63, 3.8) is 0 Å². The van der Waals surface area contributed by atoms with Crippen molar-refractivity contribution in [3.05, 3.63) is 35.1 Å². The van der Waals surface area contributed by atoms with Gasteiger partial charge in [-0.3, -0.25) is 4.79 Å². The lowest BCUT2D eigenvalue weighted by molar-refractivity contribution is 0.0784. The predicted molar refractivity (Wildman–Crippen MR) is 60.8 cm³/mol. The van der Waals surface area contributed by atoms with E-state index in [1.807, 2.05) is 6.92 Å². The smallest absolute Gasteiger partial charge is 0.256 e. The van der Waals surface area contributed by atoms with Gasteiger partial charge in [-0.1, -0.05) is 6.07 Å². The van der Waals surface area contributed by atoms with Crippen molar-refractivity contribution in [1.82, 2.24) is 4.90 Å². The van der Waals surface area contributed by atoms with E-state index in [0.29, 0.717) is 5.92 Å². The van der Waals surface area contributed by atoms with Crippen LogP contribution in [0.1, 0.15) is 28.8 Å². The minimum Gasteiger partial charge on any atom is -0.341 e. The van der Waals surface area contributed by atoms with Crippen molar-refractivity contribution in [2.45, 2.75) is 19.8 Å². The van der Waals surface area contributed by atoms with E-state index >= 15 is 0 Å². The average Bonchev–Trinajstić information content (AvgIpc) is 3.00. The first-order valence-corrected chi connectivity index (χ1v) is 5.59. The monoisotopic (exact) mass is 221 g/mol. The molecule has 1 aromatic rings. The maximum absolute atomic E-state index is 13.6. The Labute approximate surface area is 95.1 Å². The molecule has 3 heteroatoms. The molecule has 1 aromatic carbocycles. The Bertz CT molecular complexity index is 412. The molecule has 0 heterocycles. The molecule has 86 valence electrons. The Morgan fingerprint density at radius 3 is 2.75 bits per heavy atom. The van der Waals surface area contributed by atoms with E-state index in [2.05, 4.69) is 0 Å². The highest BCUT2D eigenvalue weighted by Crippen LogP contribution is 2.29. The zero-order valence-corrected chi connectivity index (χ0v) is 9.66. The van der Waals surface area contributed by atoms with Crippen LogP contribution in [0.3, 0.4) is 0 Å². The molecule has 0 spiro atoms. The van der Waals surface area contributed by atoms with Crippen molar-refractivity contribution >= 4 is 5.91 Å². The molecule has 0 aliphatic heterocycles. The zero-order valence-electron chi connectivity index (χ0n) is 9.66. The molecule has 0 N–H and O–H groups in total. The number of benzene rings is 1. The lowest BCUT2D eigenvalue weighted by Gasteiger charge is -2.17. The fourth-order valence-electron chi connectivity index (χ4n) is 1.77. The standard InChI is InChI=1S/C13H16FNO/c1-9-3-6-11(12(14)7-9)13(16)15(2)8-10-4-5-10/h3,6-7,10H,4-5,8H2,1-2H3. The van der Waals surface area contributed by atoms with Crippen LogP contribution in [0.4, 0.5) is 4.39 Å². The van der Waals surface area contributed by atoms with E-state index in [9.17, 15) is 9.18 Å². The Kier molecular flexibility index (Phi) is 2.95. The third-order valence-corrected chi connectivity index (χ3v) is 2.93. The van der Waals surface area contributed by atoms with E-state index in [-0.39, 0.29) is 11.5 Å². The fourth-order valence-corrected chi connectivity index (χ4v) is 1.77. The number of hydrogen-bond acceptors (Lipinski definition) is 1. The van der Waals surface area contributed by atoms with Crippen LogP contribution in [-0.2, 0) is 0 Å². The molecule has 1 aliphatic carbocycles. The third-order valence-electron chi connectivity index (χ3n) is 2.93. The molecule has 1 fully saturated rings. The number of rotatable bonds is 3. The van der Waals surface area contributed by atoms with Gasteiger partial charge in [0.2, 0.25) is 0 Å². The van der Waals surface area contributed by atoms with Crippen LogP contribution in [0.2, 0.25) is 0 Å². The second-order valence-electron chi connectivity index (χ2n) is 4.61. The summed E-state index contributed by atoms with van der Waals surface area (Å²) in [6.45, 7) is 2.55. The number of carbonyl (C=O) groups excluding carboxylic acids is 1. The first kappa shape index (κ1) is 11.1. The molecule has 16 heavy (non-hydrogen) atoms. The summed E-state index contributed by atoms with van der Waals surface area (Å²) in [6, 6.07) is 4.73. The number of halogens is 1. The molecule has 0 saturated heterocycles. The van der Waals surface area contributed by atoms with Crippen LogP contribution in [0, 0.1) is 18.7 Å². The molecule has 0 aromatic heterocycles. The maximum Gasteiger partial charge on any atom is 0.256 e. The summed E-state index contributed by atoms with van der Waals surface area (Å²) in [5.74, 6) is -0.0143. The highest BCUT2D eigenvalue weighted by molar-refractivity contribution is 5.94. The maximum atomic E-state index is 13.6. The second-order valence-corrected chi connectivity index (χ2v) is 4.61. The fraction of sp³-hybridized carbons (Fsp3) is 0.462. The van der Waals surface area contributed by atoms with Crippen LogP contribution in [0.5, 0.6) is 0 Å². The average molecular weight is 221 g/mol. The number of aryl methyl sites for hydroxylation is 1. The molecule has 2 nitrogen and oxygen atoms in total. The van der Waals surface area contributed by atoms with Crippen molar-refractivity contribution in [1.29, 1.82) is 0 Å². The summed E-state index contributed by atoms with van der Waals surface area (Å²) < 4.78 is 13.6. The van der Waals surface area contributed by atoms with Gasteiger partial charge < -0.3 is 4.90 Å². The van der Waals surface area contributed by atoms with Gasteiger partial charge in [-0.2, -0.15) is 0 Å². The normalized spacial score (nSPS) is 14.9. The van der Waals surface area contributed by atoms with Crippen molar-refractivity contribution in [3.8, 4) is 0 Å². The molecule has 1 amide bonds. The van der Waals surface area contributed by atoms with Crippen molar-refractivity contribution in [2.24, 2.45) is 5.92 Å². The second kappa shape index (κ2) is 4.24. The summed E-state index contributed by atoms with van der Waals surface area (Å²) in [7, 11) is 1.74. The highest BCUT2D eigenvalue weighted by atomic mass is 19.1. The third kappa shape index (κ3) is 2.40. The van der Waals surface area contributed by atoms with Gasteiger partial charge in [0.25, 0.3) is 5.91 Å². The van der Waals surface area contributed by atoms with Crippen molar-refractivity contribution in [2.75, 3.05) is 13.6 Å². The minimum atomic E-state index is -0.423. The predicted octanol–water partition coefficient (Wildman–Crippen LogP) is 2.62. The molecule has 0 atom stereocenters. The van der Waals surface area contributed by atoms with Gasteiger partial charge in [0.1, 0.15) is 5.82 Å². The molecule has 0 bridgehead atoms. The number of hydrogen-bond donors (Lipinski definition) is 0. The van der Waals surface area contributed by atoms with E-state index < -0.39 is 5.82 Å². The SMILES string of the molecule is Cc1ccc(C(=O)N(C)CC2CC2)c(F)c1. The largest absolute Gasteiger partial charge is 0.341 e. The summed E-state index contributed by atoms with van der Waals surface area (Å²) >= 11 is 0. The molecule has 0 unspecified atom stereocenters. The Hall–Kier alpha value is -1.38. The summed E-state index contributed by atoms with van der Waals surface area (Å²) in [4.78, 5) is 13.5.